The summed E-state index contributed by atoms with van der Waals surface area (Å²) in [5.41, 5.74) is 0.188. The zero-order chi connectivity index (χ0) is 13.3. The van der Waals surface area contributed by atoms with Gasteiger partial charge in [-0.15, -0.1) is 0 Å². The predicted octanol–water partition coefficient (Wildman–Crippen LogP) is 2.88. The zero-order valence-electron chi connectivity index (χ0n) is 9.38. The van der Waals surface area contributed by atoms with Crippen LogP contribution in [-0.4, -0.2) is 22.2 Å². The van der Waals surface area contributed by atoms with Crippen molar-refractivity contribution in [3.8, 4) is 0 Å². The molecule has 0 fully saturated rings. The van der Waals surface area contributed by atoms with E-state index in [0.717, 1.165) is 0 Å². The molecule has 0 radical (unpaired) electrons. The Hall–Kier alpha value is -2.62. The van der Waals surface area contributed by atoms with E-state index >= 15 is 0 Å². The van der Waals surface area contributed by atoms with Crippen LogP contribution >= 0.6 is 0 Å². The number of aromatic carboxylic acids is 2. The lowest BCUT2D eigenvalue weighted by Crippen LogP contribution is -2.09. The van der Waals surface area contributed by atoms with E-state index in [9.17, 15) is 14.7 Å². The molecule has 0 saturated heterocycles. The van der Waals surface area contributed by atoms with Gasteiger partial charge in [0, 0.05) is 0 Å². The molecule has 0 aromatic heterocycles. The summed E-state index contributed by atoms with van der Waals surface area (Å²) >= 11 is 0. The molecule has 0 aliphatic carbocycles. The minimum atomic E-state index is -1.26. The monoisotopic (exact) mass is 242 g/mol. The Morgan fingerprint density at radius 1 is 1.06 bits per heavy atom. The minimum Gasteiger partial charge on any atom is -0.478 e. The van der Waals surface area contributed by atoms with E-state index in [0.29, 0.717) is 16.3 Å². The fourth-order valence-corrected chi connectivity index (χ4v) is 1.97. The van der Waals surface area contributed by atoms with Gasteiger partial charge < -0.3 is 10.2 Å². The first kappa shape index (κ1) is 11.9. The maximum absolute atomic E-state index is 11.3. The molecule has 2 aromatic rings. The number of hydrogen-bond acceptors (Lipinski definition) is 2. The van der Waals surface area contributed by atoms with Gasteiger partial charge >= 0.3 is 11.9 Å². The quantitative estimate of drug-likeness (QED) is 0.867. The van der Waals surface area contributed by atoms with Gasteiger partial charge in [0.15, 0.2) is 0 Å². The molecule has 0 amide bonds. The van der Waals surface area contributed by atoms with Crippen molar-refractivity contribution in [2.75, 3.05) is 0 Å². The summed E-state index contributed by atoms with van der Waals surface area (Å²) in [5, 5.41) is 19.4. The van der Waals surface area contributed by atoms with E-state index in [4.69, 9.17) is 5.11 Å². The first-order valence-corrected chi connectivity index (χ1v) is 5.21. The van der Waals surface area contributed by atoms with Gasteiger partial charge in [0.05, 0.1) is 11.1 Å². The van der Waals surface area contributed by atoms with Crippen molar-refractivity contribution < 1.29 is 19.8 Å². The number of carbonyl (C=O) groups is 2. The molecule has 0 atom stereocenters. The van der Waals surface area contributed by atoms with Crippen molar-refractivity contribution in [1.29, 1.82) is 0 Å². The van der Waals surface area contributed by atoms with Gasteiger partial charge in [-0.05, 0) is 22.4 Å². The number of rotatable bonds is 3. The number of hydrogen-bond donors (Lipinski definition) is 2. The van der Waals surface area contributed by atoms with E-state index in [-0.39, 0.29) is 11.1 Å². The van der Waals surface area contributed by atoms with Crippen LogP contribution in [0, 0.1) is 0 Å². The summed E-state index contributed by atoms with van der Waals surface area (Å²) in [6.45, 7) is 3.62. The Morgan fingerprint density at radius 3 is 2.17 bits per heavy atom. The topological polar surface area (TPSA) is 74.6 Å². The lowest BCUT2D eigenvalue weighted by atomic mass is 9.94. The highest BCUT2D eigenvalue weighted by molar-refractivity contribution is 6.13. The Kier molecular flexibility index (Phi) is 2.85. The maximum Gasteiger partial charge on any atom is 0.337 e. The van der Waals surface area contributed by atoms with Crippen molar-refractivity contribution in [3.63, 3.8) is 0 Å². The molecule has 0 aliphatic heterocycles. The molecular formula is C14H10O4. The summed E-state index contributed by atoms with van der Waals surface area (Å²) in [5.74, 6) is -2.51. The standard InChI is InChI=1S/C14H10O4/c1-2-8-7-11(13(15)16)12(14(17)18)10-6-4-3-5-9(8)10/h2-7H,1H2,(H,15,16)(H,17,18). The molecule has 2 N–H and O–H groups in total. The summed E-state index contributed by atoms with van der Waals surface area (Å²) in [4.78, 5) is 22.4. The molecule has 90 valence electrons. The lowest BCUT2D eigenvalue weighted by Gasteiger charge is -2.09. The second-order valence-electron chi connectivity index (χ2n) is 3.75. The highest BCUT2D eigenvalue weighted by Crippen LogP contribution is 2.27. The van der Waals surface area contributed by atoms with Crippen LogP contribution in [-0.2, 0) is 0 Å². The van der Waals surface area contributed by atoms with E-state index in [2.05, 4.69) is 6.58 Å². The van der Waals surface area contributed by atoms with Crippen molar-refractivity contribution in [2.45, 2.75) is 0 Å². The van der Waals surface area contributed by atoms with Crippen LogP contribution in [0.1, 0.15) is 26.3 Å². The minimum absolute atomic E-state index is 0.191. The maximum atomic E-state index is 11.3. The Morgan fingerprint density at radius 2 is 1.67 bits per heavy atom. The Labute approximate surface area is 103 Å². The van der Waals surface area contributed by atoms with Gasteiger partial charge in [0.25, 0.3) is 0 Å². The first-order chi connectivity index (χ1) is 8.56. The van der Waals surface area contributed by atoms with Crippen LogP contribution in [0.5, 0.6) is 0 Å². The molecule has 0 spiro atoms. The van der Waals surface area contributed by atoms with Crippen molar-refractivity contribution in [3.05, 3.63) is 53.6 Å². The number of carboxylic acid groups (broad SMARTS) is 2. The van der Waals surface area contributed by atoms with Crippen molar-refractivity contribution in [2.24, 2.45) is 0 Å². The Bertz CT molecular complexity index is 671. The summed E-state index contributed by atoms with van der Waals surface area (Å²) < 4.78 is 0. The first-order valence-electron chi connectivity index (χ1n) is 5.21. The second kappa shape index (κ2) is 4.33. The van der Waals surface area contributed by atoms with Crippen molar-refractivity contribution >= 4 is 28.8 Å². The smallest absolute Gasteiger partial charge is 0.337 e. The third-order valence-corrected chi connectivity index (χ3v) is 2.74. The van der Waals surface area contributed by atoms with Gasteiger partial charge in [0.1, 0.15) is 0 Å². The van der Waals surface area contributed by atoms with E-state index < -0.39 is 11.9 Å². The van der Waals surface area contributed by atoms with Gasteiger partial charge in [-0.3, -0.25) is 0 Å². The van der Waals surface area contributed by atoms with E-state index in [1.165, 1.54) is 12.1 Å². The van der Waals surface area contributed by atoms with Crippen LogP contribution in [0.2, 0.25) is 0 Å². The molecule has 18 heavy (non-hydrogen) atoms. The second-order valence-corrected chi connectivity index (χ2v) is 3.75. The largest absolute Gasteiger partial charge is 0.478 e. The summed E-state index contributed by atoms with van der Waals surface area (Å²) in [6.07, 6.45) is 1.51. The van der Waals surface area contributed by atoms with Gasteiger partial charge in [-0.1, -0.05) is 36.9 Å². The predicted molar refractivity (Wildman–Crippen MR) is 68.0 cm³/mol. The molecule has 2 rings (SSSR count). The van der Waals surface area contributed by atoms with Crippen molar-refractivity contribution in [1.82, 2.24) is 0 Å². The van der Waals surface area contributed by atoms with E-state index in [1.54, 1.807) is 24.3 Å². The lowest BCUT2D eigenvalue weighted by molar-refractivity contribution is 0.0653. The number of benzene rings is 2. The highest BCUT2D eigenvalue weighted by Gasteiger charge is 2.20. The third-order valence-electron chi connectivity index (χ3n) is 2.74. The molecule has 0 aliphatic rings. The molecule has 0 heterocycles. The summed E-state index contributed by atoms with van der Waals surface area (Å²) in [7, 11) is 0. The highest BCUT2D eigenvalue weighted by atomic mass is 16.4. The van der Waals surface area contributed by atoms with Crippen LogP contribution < -0.4 is 0 Å². The normalized spacial score (nSPS) is 10.2. The molecule has 0 saturated carbocycles. The third kappa shape index (κ3) is 1.73. The van der Waals surface area contributed by atoms with Crippen LogP contribution in [0.25, 0.3) is 16.8 Å². The molecule has 0 unspecified atom stereocenters. The SMILES string of the molecule is C=Cc1cc(C(=O)O)c(C(=O)O)c2ccccc12. The fraction of sp³-hybridized carbons (Fsp3) is 0. The number of carboxylic acids is 2. The van der Waals surface area contributed by atoms with Crippen LogP contribution in [0.4, 0.5) is 0 Å². The number of fused-ring (bicyclic) bond motifs is 1. The van der Waals surface area contributed by atoms with E-state index in [1.807, 2.05) is 0 Å². The zero-order valence-corrected chi connectivity index (χ0v) is 9.38. The summed E-state index contributed by atoms with van der Waals surface area (Å²) in [6, 6.07) is 8.11. The Balaban J connectivity index is 3.01. The van der Waals surface area contributed by atoms with Gasteiger partial charge in [-0.2, -0.15) is 0 Å². The van der Waals surface area contributed by atoms with Gasteiger partial charge in [0.2, 0.25) is 0 Å². The van der Waals surface area contributed by atoms with Crippen LogP contribution in [0.3, 0.4) is 0 Å². The molecular weight excluding hydrogens is 232 g/mol. The molecule has 0 bridgehead atoms. The average molecular weight is 242 g/mol. The molecule has 4 nitrogen and oxygen atoms in total. The molecule has 2 aromatic carbocycles. The average Bonchev–Trinajstić information content (AvgIpc) is 2.36. The molecule has 4 heteroatoms. The van der Waals surface area contributed by atoms with Gasteiger partial charge in [-0.25, -0.2) is 9.59 Å². The fourth-order valence-electron chi connectivity index (χ4n) is 1.97. The van der Waals surface area contributed by atoms with Crippen LogP contribution in [0.15, 0.2) is 36.9 Å².